The van der Waals surface area contributed by atoms with Crippen molar-refractivity contribution in [2.24, 2.45) is 0 Å². The van der Waals surface area contributed by atoms with Crippen LogP contribution in [0.4, 0.5) is 4.39 Å². The molecule has 3 aromatic carbocycles. The van der Waals surface area contributed by atoms with E-state index in [9.17, 15) is 14.0 Å². The number of aryl methyl sites for hydroxylation is 1. The Hall–Kier alpha value is -5.10. The van der Waals surface area contributed by atoms with E-state index in [1.165, 1.54) is 17.0 Å². The summed E-state index contributed by atoms with van der Waals surface area (Å²) in [6.07, 6.45) is 1.02. The largest absolute Gasteiger partial charge is 0.329 e. The molecule has 0 aliphatic carbocycles. The molecule has 206 valence electrons. The van der Waals surface area contributed by atoms with Crippen molar-refractivity contribution in [1.82, 2.24) is 20.0 Å². The Bertz CT molecular complexity index is 1820. The second-order valence-electron chi connectivity index (χ2n) is 9.81. The smallest absolute Gasteiger partial charge is 0.272 e. The summed E-state index contributed by atoms with van der Waals surface area (Å²) in [6.45, 7) is 4.22. The lowest BCUT2D eigenvalue weighted by Crippen LogP contribution is -2.54. The van der Waals surface area contributed by atoms with Crippen molar-refractivity contribution in [3.05, 3.63) is 110 Å². The molecule has 0 radical (unpaired) electrons. The molecule has 1 aliphatic heterocycles. The van der Waals surface area contributed by atoms with Crippen LogP contribution in [0.3, 0.4) is 0 Å². The minimum Gasteiger partial charge on any atom is -0.329 e. The van der Waals surface area contributed by atoms with E-state index in [4.69, 9.17) is 10.8 Å². The molecule has 3 N–H and O–H groups in total. The number of hydrogen-bond acceptors (Lipinski definition) is 5. The predicted molar refractivity (Wildman–Crippen MR) is 157 cm³/mol. The first-order chi connectivity index (χ1) is 19.8. The van der Waals surface area contributed by atoms with E-state index in [2.05, 4.69) is 22.0 Å². The highest BCUT2D eigenvalue weighted by Gasteiger charge is 2.30. The molecule has 0 saturated carbocycles. The molecule has 1 saturated heterocycles. The predicted octanol–water partition coefficient (Wildman–Crippen LogP) is 4.35. The van der Waals surface area contributed by atoms with Crippen LogP contribution in [0.25, 0.3) is 10.8 Å². The maximum absolute atomic E-state index is 14.9. The summed E-state index contributed by atoms with van der Waals surface area (Å²) >= 11 is 0. The zero-order valence-electron chi connectivity index (χ0n) is 22.8. The van der Waals surface area contributed by atoms with E-state index in [-0.39, 0.29) is 48.8 Å². The van der Waals surface area contributed by atoms with Crippen LogP contribution < -0.4 is 5.56 Å². The second kappa shape index (κ2) is 11.6. The summed E-state index contributed by atoms with van der Waals surface area (Å²) in [4.78, 5) is 28.8. The van der Waals surface area contributed by atoms with E-state index in [1.807, 2.05) is 31.2 Å². The summed E-state index contributed by atoms with van der Waals surface area (Å²) < 4.78 is 14.9. The monoisotopic (exact) mass is 548 g/mol. The van der Waals surface area contributed by atoms with E-state index >= 15 is 0 Å². The summed E-state index contributed by atoms with van der Waals surface area (Å²) in [6, 6.07) is 17.2. The molecule has 8 nitrogen and oxygen atoms in total. The molecule has 1 amide bonds. The molecule has 2 heterocycles. The lowest BCUT2D eigenvalue weighted by atomic mass is 10.0. The summed E-state index contributed by atoms with van der Waals surface area (Å²) in [5, 5.41) is 25.1. The Morgan fingerprint density at radius 1 is 1.07 bits per heavy atom. The van der Waals surface area contributed by atoms with Gasteiger partial charge in [0.25, 0.3) is 11.5 Å². The van der Waals surface area contributed by atoms with Crippen LogP contribution in [0.15, 0.2) is 65.5 Å². The number of aromatic nitrogens is 2. The van der Waals surface area contributed by atoms with Crippen molar-refractivity contribution in [2.75, 3.05) is 19.6 Å². The highest BCUT2D eigenvalue weighted by Crippen LogP contribution is 2.22. The summed E-state index contributed by atoms with van der Waals surface area (Å²) in [5.74, 6) is 4.98. The number of H-pyrrole nitrogens is 1. The Morgan fingerprint density at radius 3 is 2.63 bits per heavy atom. The van der Waals surface area contributed by atoms with Gasteiger partial charge in [-0.15, -0.1) is 5.92 Å². The molecule has 0 atom stereocenters. The number of nitrogens with zero attached hydrogens (tertiary/aromatic N) is 3. The lowest BCUT2D eigenvalue weighted by Gasteiger charge is -2.36. The van der Waals surface area contributed by atoms with Crippen LogP contribution in [0.5, 0.6) is 0 Å². The Labute approximate surface area is 236 Å². The molecule has 4 aromatic rings. The van der Waals surface area contributed by atoms with Gasteiger partial charge in [0.2, 0.25) is 0 Å². The Kier molecular flexibility index (Phi) is 7.74. The third-order valence-corrected chi connectivity index (χ3v) is 7.24. The van der Waals surface area contributed by atoms with Gasteiger partial charge in [0.15, 0.2) is 0 Å². The quantitative estimate of drug-likeness (QED) is 0.195. The lowest BCUT2D eigenvalue weighted by molar-refractivity contribution is 0.0752. The van der Waals surface area contributed by atoms with Crippen molar-refractivity contribution in [3.63, 3.8) is 0 Å². The third kappa shape index (κ3) is 5.50. The Balaban J connectivity index is 1.36. The first-order valence-electron chi connectivity index (χ1n) is 13.3. The number of nitrogens with one attached hydrogen (secondary N) is 3. The van der Waals surface area contributed by atoms with Crippen LogP contribution in [0.1, 0.15) is 52.2 Å². The molecule has 41 heavy (non-hydrogen) atoms. The van der Waals surface area contributed by atoms with Gasteiger partial charge in [-0.3, -0.25) is 20.4 Å². The third-order valence-electron chi connectivity index (χ3n) is 7.24. The number of hydrogen-bond donors (Lipinski definition) is 3. The molecule has 1 fully saturated rings. The molecule has 9 heteroatoms. The standard InChI is InChI=1S/C32H29FN6O2/c1-3-7-20-10-12-24-25(16-20)28(36-37-31(24)40)18-21-11-13-27(33)26(17-21)32(41)38-14-15-39(29(34)19-38)30(35)23-9-6-5-8-22(23)4-2/h5-6,8-13,16-17,34-35H,4,14-15,18-19H2,1-2H3,(H,37,40). The molecular formula is C32H29FN6O2. The second-order valence-corrected chi connectivity index (χ2v) is 9.81. The van der Waals surface area contributed by atoms with E-state index < -0.39 is 11.7 Å². The minimum atomic E-state index is -0.655. The van der Waals surface area contributed by atoms with Gasteiger partial charge in [-0.05, 0) is 54.8 Å². The molecule has 5 rings (SSSR count). The Morgan fingerprint density at radius 2 is 1.88 bits per heavy atom. The fraction of sp³-hybridized carbons (Fsp3) is 0.219. The highest BCUT2D eigenvalue weighted by molar-refractivity contribution is 6.09. The minimum absolute atomic E-state index is 0.0352. The number of rotatable bonds is 5. The van der Waals surface area contributed by atoms with Crippen LogP contribution in [-0.4, -0.2) is 57.2 Å². The van der Waals surface area contributed by atoms with Crippen LogP contribution in [0, 0.1) is 28.5 Å². The maximum Gasteiger partial charge on any atom is 0.272 e. The molecular weight excluding hydrogens is 519 g/mol. The fourth-order valence-electron chi connectivity index (χ4n) is 5.11. The fourth-order valence-corrected chi connectivity index (χ4v) is 5.11. The van der Waals surface area contributed by atoms with Gasteiger partial charge >= 0.3 is 0 Å². The zero-order chi connectivity index (χ0) is 29.1. The SMILES string of the molecule is CC#Cc1ccc2c(=O)[nH]nc(Cc3ccc(F)c(C(=O)N4CCN(C(=N)c5ccccc5CC)C(=N)C4)c3)c2c1. The van der Waals surface area contributed by atoms with Crippen molar-refractivity contribution in [3.8, 4) is 11.8 Å². The van der Waals surface area contributed by atoms with E-state index in [0.717, 1.165) is 23.1 Å². The van der Waals surface area contributed by atoms with E-state index in [0.29, 0.717) is 22.0 Å². The number of amidine groups is 2. The van der Waals surface area contributed by atoms with Gasteiger partial charge in [0, 0.05) is 36.0 Å². The van der Waals surface area contributed by atoms with Crippen molar-refractivity contribution < 1.29 is 9.18 Å². The maximum atomic E-state index is 14.9. The molecule has 0 unspecified atom stereocenters. The topological polar surface area (TPSA) is 117 Å². The van der Waals surface area contributed by atoms with Gasteiger partial charge in [-0.2, -0.15) is 5.10 Å². The van der Waals surface area contributed by atoms with Crippen LogP contribution in [-0.2, 0) is 12.8 Å². The van der Waals surface area contributed by atoms with E-state index in [1.54, 1.807) is 36.1 Å². The number of halogens is 1. The van der Waals surface area contributed by atoms with Crippen molar-refractivity contribution in [2.45, 2.75) is 26.7 Å². The molecule has 0 bridgehead atoms. The number of carbonyl (C=O) groups excluding carboxylic acids is 1. The highest BCUT2D eigenvalue weighted by atomic mass is 19.1. The number of benzene rings is 3. The normalized spacial score (nSPS) is 13.2. The molecule has 0 spiro atoms. The van der Waals surface area contributed by atoms with Crippen LogP contribution >= 0.6 is 0 Å². The number of aromatic amines is 1. The van der Waals surface area contributed by atoms with Crippen LogP contribution in [0.2, 0.25) is 0 Å². The first kappa shape index (κ1) is 27.5. The number of piperazine rings is 1. The van der Waals surface area contributed by atoms with Gasteiger partial charge < -0.3 is 9.80 Å². The average Bonchev–Trinajstić information content (AvgIpc) is 2.99. The molecule has 1 aromatic heterocycles. The average molecular weight is 549 g/mol. The van der Waals surface area contributed by atoms with Gasteiger partial charge in [0.05, 0.1) is 23.2 Å². The molecule has 1 aliphatic rings. The zero-order valence-corrected chi connectivity index (χ0v) is 22.8. The number of amides is 1. The number of fused-ring (bicyclic) bond motifs is 1. The van der Waals surface area contributed by atoms with Gasteiger partial charge in [-0.1, -0.05) is 43.2 Å². The van der Waals surface area contributed by atoms with Gasteiger partial charge in [-0.25, -0.2) is 9.49 Å². The summed E-state index contributed by atoms with van der Waals surface area (Å²) in [5.41, 5.74) is 3.33. The number of carbonyl (C=O) groups is 1. The first-order valence-corrected chi connectivity index (χ1v) is 13.3. The van der Waals surface area contributed by atoms with Gasteiger partial charge in [0.1, 0.15) is 17.5 Å². The summed E-state index contributed by atoms with van der Waals surface area (Å²) in [7, 11) is 0. The van der Waals surface area contributed by atoms with Crippen molar-refractivity contribution in [1.29, 1.82) is 10.8 Å². The van der Waals surface area contributed by atoms with Crippen molar-refractivity contribution >= 4 is 28.4 Å².